The zero-order valence-corrected chi connectivity index (χ0v) is 10.2. The number of nitrogens with zero attached hydrogens (tertiary/aromatic N) is 2. The van der Waals surface area contributed by atoms with E-state index in [-0.39, 0.29) is 5.91 Å². The van der Waals surface area contributed by atoms with Crippen molar-refractivity contribution < 1.29 is 9.21 Å². The van der Waals surface area contributed by atoms with Gasteiger partial charge in [-0.25, -0.2) is 0 Å². The lowest BCUT2D eigenvalue weighted by molar-refractivity contribution is 0.0942. The quantitative estimate of drug-likeness (QED) is 0.893. The van der Waals surface area contributed by atoms with Crippen molar-refractivity contribution in [3.05, 3.63) is 30.2 Å². The van der Waals surface area contributed by atoms with Gasteiger partial charge in [0.25, 0.3) is 5.91 Å². The molecule has 18 heavy (non-hydrogen) atoms. The Kier molecular flexibility index (Phi) is 2.66. The Hall–Kier alpha value is -2.04. The molecule has 0 spiro atoms. The summed E-state index contributed by atoms with van der Waals surface area (Å²) in [5.74, 6) is 1.27. The van der Waals surface area contributed by atoms with Crippen molar-refractivity contribution in [2.75, 3.05) is 6.54 Å². The van der Waals surface area contributed by atoms with E-state index in [1.54, 1.807) is 30.1 Å². The molecule has 1 saturated carbocycles. The fourth-order valence-electron chi connectivity index (χ4n) is 1.87. The van der Waals surface area contributed by atoms with E-state index in [9.17, 15) is 4.79 Å². The highest BCUT2D eigenvalue weighted by Gasteiger charge is 2.23. The Morgan fingerprint density at radius 2 is 2.44 bits per heavy atom. The zero-order chi connectivity index (χ0) is 12.5. The molecule has 3 rings (SSSR count). The molecule has 0 aliphatic heterocycles. The maximum absolute atomic E-state index is 12.0. The number of hydrogen-bond acceptors (Lipinski definition) is 3. The second-order valence-electron chi connectivity index (χ2n) is 4.67. The predicted octanol–water partition coefficient (Wildman–Crippen LogP) is 1.82. The molecule has 2 aromatic rings. The van der Waals surface area contributed by atoms with Crippen LogP contribution >= 0.6 is 0 Å². The minimum absolute atomic E-state index is 0.0743. The molecular formula is C13H15N3O2. The summed E-state index contributed by atoms with van der Waals surface area (Å²) in [6.45, 7) is 0.764. The lowest BCUT2D eigenvalue weighted by Crippen LogP contribution is -2.27. The predicted molar refractivity (Wildman–Crippen MR) is 66.0 cm³/mol. The van der Waals surface area contributed by atoms with E-state index in [0.717, 1.165) is 6.54 Å². The number of aryl methyl sites for hydroxylation is 1. The molecule has 1 amide bonds. The molecule has 2 aromatic heterocycles. The highest BCUT2D eigenvalue weighted by Crippen LogP contribution is 2.27. The van der Waals surface area contributed by atoms with Crippen LogP contribution in [0, 0.1) is 5.92 Å². The summed E-state index contributed by atoms with van der Waals surface area (Å²) >= 11 is 0. The molecule has 0 saturated heterocycles. The molecular weight excluding hydrogens is 230 g/mol. The molecule has 5 heteroatoms. The van der Waals surface area contributed by atoms with Gasteiger partial charge in [0.05, 0.1) is 6.26 Å². The second-order valence-corrected chi connectivity index (χ2v) is 4.67. The molecule has 1 fully saturated rings. The standard InChI is InChI=1S/C13H15N3O2/c1-16-11(13(17)14-8-9-4-5-9)7-10(15-16)12-3-2-6-18-12/h2-3,6-7,9H,4-5,8H2,1H3,(H,14,17). The summed E-state index contributed by atoms with van der Waals surface area (Å²) in [7, 11) is 1.76. The van der Waals surface area contributed by atoms with Crippen molar-refractivity contribution in [2.45, 2.75) is 12.8 Å². The Morgan fingerprint density at radius 3 is 3.11 bits per heavy atom. The van der Waals surface area contributed by atoms with E-state index < -0.39 is 0 Å². The first kappa shape index (κ1) is 11.1. The van der Waals surface area contributed by atoms with E-state index >= 15 is 0 Å². The third-order valence-electron chi connectivity index (χ3n) is 3.13. The molecule has 94 valence electrons. The number of rotatable bonds is 4. The Bertz CT molecular complexity index is 553. The van der Waals surface area contributed by atoms with E-state index in [1.807, 2.05) is 6.07 Å². The highest BCUT2D eigenvalue weighted by molar-refractivity contribution is 5.93. The van der Waals surface area contributed by atoms with Gasteiger partial charge in [-0.2, -0.15) is 5.10 Å². The second kappa shape index (κ2) is 4.33. The normalized spacial score (nSPS) is 14.7. The molecule has 2 heterocycles. The molecule has 0 atom stereocenters. The third-order valence-corrected chi connectivity index (χ3v) is 3.13. The van der Waals surface area contributed by atoms with Crippen LogP contribution in [0.15, 0.2) is 28.9 Å². The van der Waals surface area contributed by atoms with Crippen LogP contribution in [0.3, 0.4) is 0 Å². The smallest absolute Gasteiger partial charge is 0.269 e. The van der Waals surface area contributed by atoms with Crippen LogP contribution in [-0.4, -0.2) is 22.2 Å². The van der Waals surface area contributed by atoms with Gasteiger partial charge >= 0.3 is 0 Å². The Morgan fingerprint density at radius 1 is 1.61 bits per heavy atom. The lowest BCUT2D eigenvalue weighted by Gasteiger charge is -2.03. The summed E-state index contributed by atoms with van der Waals surface area (Å²) < 4.78 is 6.85. The van der Waals surface area contributed by atoms with Crippen molar-refractivity contribution in [1.29, 1.82) is 0 Å². The SMILES string of the molecule is Cn1nc(-c2ccco2)cc1C(=O)NCC1CC1. The van der Waals surface area contributed by atoms with E-state index in [1.165, 1.54) is 12.8 Å². The van der Waals surface area contributed by atoms with Gasteiger partial charge in [0.15, 0.2) is 5.76 Å². The van der Waals surface area contributed by atoms with E-state index in [0.29, 0.717) is 23.1 Å². The Balaban J connectivity index is 1.77. The van der Waals surface area contributed by atoms with Crippen LogP contribution in [0.1, 0.15) is 23.3 Å². The van der Waals surface area contributed by atoms with Crippen molar-refractivity contribution in [3.8, 4) is 11.5 Å². The van der Waals surface area contributed by atoms with Crippen LogP contribution in [0.5, 0.6) is 0 Å². The number of nitrogens with one attached hydrogen (secondary N) is 1. The number of aromatic nitrogens is 2. The van der Waals surface area contributed by atoms with Gasteiger partial charge in [0.2, 0.25) is 0 Å². The summed E-state index contributed by atoms with van der Waals surface area (Å²) in [6, 6.07) is 5.38. The van der Waals surface area contributed by atoms with Crippen LogP contribution in [0.25, 0.3) is 11.5 Å². The summed E-state index contributed by atoms with van der Waals surface area (Å²) in [5.41, 5.74) is 1.24. The van der Waals surface area contributed by atoms with Crippen molar-refractivity contribution >= 4 is 5.91 Å². The van der Waals surface area contributed by atoms with Crippen molar-refractivity contribution in [1.82, 2.24) is 15.1 Å². The fraction of sp³-hybridized carbons (Fsp3) is 0.385. The molecule has 0 radical (unpaired) electrons. The number of hydrogen-bond donors (Lipinski definition) is 1. The number of furan rings is 1. The van der Waals surface area contributed by atoms with Crippen LogP contribution in [0.4, 0.5) is 0 Å². The molecule has 0 bridgehead atoms. The maximum atomic E-state index is 12.0. The topological polar surface area (TPSA) is 60.1 Å². The zero-order valence-electron chi connectivity index (χ0n) is 10.2. The van der Waals surface area contributed by atoms with Gasteiger partial charge in [-0.1, -0.05) is 0 Å². The van der Waals surface area contributed by atoms with Gasteiger partial charge in [-0.15, -0.1) is 0 Å². The molecule has 1 aliphatic carbocycles. The first-order valence-corrected chi connectivity index (χ1v) is 6.10. The lowest BCUT2D eigenvalue weighted by atomic mass is 10.3. The monoisotopic (exact) mass is 245 g/mol. The number of carbonyl (C=O) groups excluding carboxylic acids is 1. The first-order chi connectivity index (χ1) is 8.74. The van der Waals surface area contributed by atoms with Gasteiger partial charge in [0, 0.05) is 19.7 Å². The summed E-state index contributed by atoms with van der Waals surface area (Å²) in [4.78, 5) is 12.0. The maximum Gasteiger partial charge on any atom is 0.269 e. The summed E-state index contributed by atoms with van der Waals surface area (Å²) in [6.07, 6.45) is 4.05. The molecule has 0 aromatic carbocycles. The molecule has 5 nitrogen and oxygen atoms in total. The van der Waals surface area contributed by atoms with Crippen LogP contribution < -0.4 is 5.32 Å². The van der Waals surface area contributed by atoms with Gasteiger partial charge in [0.1, 0.15) is 11.4 Å². The average Bonchev–Trinajstić information content (AvgIpc) is 2.88. The van der Waals surface area contributed by atoms with Gasteiger partial charge in [-0.3, -0.25) is 9.48 Å². The first-order valence-electron chi connectivity index (χ1n) is 6.10. The number of amides is 1. The van der Waals surface area contributed by atoms with Crippen molar-refractivity contribution in [2.24, 2.45) is 13.0 Å². The van der Waals surface area contributed by atoms with Crippen molar-refractivity contribution in [3.63, 3.8) is 0 Å². The third kappa shape index (κ3) is 2.16. The largest absolute Gasteiger partial charge is 0.463 e. The van der Waals surface area contributed by atoms with Crippen LogP contribution in [-0.2, 0) is 7.05 Å². The molecule has 0 unspecified atom stereocenters. The fourth-order valence-corrected chi connectivity index (χ4v) is 1.87. The summed E-state index contributed by atoms with van der Waals surface area (Å²) in [5, 5.41) is 7.21. The van der Waals surface area contributed by atoms with Gasteiger partial charge in [-0.05, 0) is 30.9 Å². The molecule has 1 aliphatic rings. The van der Waals surface area contributed by atoms with Crippen LogP contribution in [0.2, 0.25) is 0 Å². The highest BCUT2D eigenvalue weighted by atomic mass is 16.3. The number of carbonyl (C=O) groups is 1. The average molecular weight is 245 g/mol. The molecule has 1 N–H and O–H groups in total. The minimum Gasteiger partial charge on any atom is -0.463 e. The van der Waals surface area contributed by atoms with E-state index in [4.69, 9.17) is 4.42 Å². The van der Waals surface area contributed by atoms with Gasteiger partial charge < -0.3 is 9.73 Å². The van der Waals surface area contributed by atoms with E-state index in [2.05, 4.69) is 10.4 Å². The minimum atomic E-state index is -0.0743. The Labute approximate surface area is 105 Å².